The molecule has 0 fully saturated rings. The molecule has 0 N–H and O–H groups in total. The Balaban J connectivity index is 3.16. The molecule has 0 saturated heterocycles. The molecule has 0 atom stereocenters. The number of benzene rings is 1. The Morgan fingerprint density at radius 3 is 2.43 bits per heavy atom. The SMILES string of the molecule is COC(=O)C(C)(C)c1ccccc1F. The molecule has 0 heterocycles. The highest BCUT2D eigenvalue weighted by Crippen LogP contribution is 2.26. The van der Waals surface area contributed by atoms with Gasteiger partial charge in [-0.05, 0) is 19.9 Å². The molecule has 0 saturated carbocycles. The Labute approximate surface area is 82.7 Å². The van der Waals surface area contributed by atoms with Gasteiger partial charge < -0.3 is 4.74 Å². The fraction of sp³-hybridized carbons (Fsp3) is 0.364. The largest absolute Gasteiger partial charge is 0.468 e. The first-order chi connectivity index (χ1) is 6.50. The highest BCUT2D eigenvalue weighted by molar-refractivity contribution is 5.82. The molecule has 0 bridgehead atoms. The lowest BCUT2D eigenvalue weighted by Gasteiger charge is -2.22. The normalized spacial score (nSPS) is 11.1. The molecule has 0 spiro atoms. The summed E-state index contributed by atoms with van der Waals surface area (Å²) in [7, 11) is 1.30. The maximum Gasteiger partial charge on any atom is 0.315 e. The fourth-order valence-corrected chi connectivity index (χ4v) is 1.33. The van der Waals surface area contributed by atoms with Crippen molar-refractivity contribution in [1.82, 2.24) is 0 Å². The summed E-state index contributed by atoms with van der Waals surface area (Å²) in [6.45, 7) is 3.27. The summed E-state index contributed by atoms with van der Waals surface area (Å²) in [5.41, 5.74) is -0.591. The van der Waals surface area contributed by atoms with Gasteiger partial charge in [0.05, 0.1) is 12.5 Å². The Morgan fingerprint density at radius 1 is 1.36 bits per heavy atom. The van der Waals surface area contributed by atoms with Gasteiger partial charge in [-0.3, -0.25) is 4.79 Å². The predicted molar refractivity (Wildman–Crippen MR) is 51.4 cm³/mol. The van der Waals surface area contributed by atoms with E-state index in [4.69, 9.17) is 0 Å². The van der Waals surface area contributed by atoms with Crippen molar-refractivity contribution >= 4 is 5.97 Å². The van der Waals surface area contributed by atoms with Crippen LogP contribution in [0.15, 0.2) is 24.3 Å². The zero-order chi connectivity index (χ0) is 10.8. The van der Waals surface area contributed by atoms with Crippen molar-refractivity contribution in [3.05, 3.63) is 35.6 Å². The summed E-state index contributed by atoms with van der Waals surface area (Å²) in [5, 5.41) is 0. The lowest BCUT2D eigenvalue weighted by atomic mass is 9.84. The second-order valence-corrected chi connectivity index (χ2v) is 3.60. The molecule has 0 unspecified atom stereocenters. The minimum Gasteiger partial charge on any atom is -0.468 e. The number of carbonyl (C=O) groups excluding carboxylic acids is 1. The molecular formula is C11H13FO2. The van der Waals surface area contributed by atoms with Gasteiger partial charge in [-0.2, -0.15) is 0 Å². The second-order valence-electron chi connectivity index (χ2n) is 3.60. The summed E-state index contributed by atoms with van der Waals surface area (Å²) in [6.07, 6.45) is 0. The van der Waals surface area contributed by atoms with Gasteiger partial charge in [0.15, 0.2) is 0 Å². The van der Waals surface area contributed by atoms with Crippen LogP contribution < -0.4 is 0 Å². The van der Waals surface area contributed by atoms with Crippen LogP contribution >= 0.6 is 0 Å². The second kappa shape index (κ2) is 3.78. The standard InChI is InChI=1S/C11H13FO2/c1-11(2,10(13)14-3)8-6-4-5-7-9(8)12/h4-7H,1-3H3. The number of esters is 1. The third kappa shape index (κ3) is 1.76. The van der Waals surface area contributed by atoms with Crippen molar-refractivity contribution in [2.45, 2.75) is 19.3 Å². The molecule has 0 aliphatic rings. The van der Waals surface area contributed by atoms with E-state index in [2.05, 4.69) is 4.74 Å². The lowest BCUT2D eigenvalue weighted by molar-refractivity contribution is -0.146. The molecule has 1 aromatic rings. The maximum atomic E-state index is 13.4. The van der Waals surface area contributed by atoms with Crippen molar-refractivity contribution in [3.63, 3.8) is 0 Å². The summed E-state index contributed by atoms with van der Waals surface area (Å²) in [4.78, 5) is 11.4. The average Bonchev–Trinajstić information content (AvgIpc) is 2.17. The fourth-order valence-electron chi connectivity index (χ4n) is 1.33. The van der Waals surface area contributed by atoms with E-state index in [9.17, 15) is 9.18 Å². The summed E-state index contributed by atoms with van der Waals surface area (Å²) < 4.78 is 18.0. The van der Waals surface area contributed by atoms with Crippen LogP contribution in [0, 0.1) is 5.82 Å². The van der Waals surface area contributed by atoms with Crippen LogP contribution in [0.4, 0.5) is 4.39 Å². The minimum absolute atomic E-state index is 0.354. The summed E-state index contributed by atoms with van der Waals surface area (Å²) in [6, 6.07) is 6.21. The maximum absolute atomic E-state index is 13.4. The molecule has 0 aliphatic carbocycles. The quantitative estimate of drug-likeness (QED) is 0.678. The van der Waals surface area contributed by atoms with E-state index >= 15 is 0 Å². The first kappa shape index (κ1) is 10.7. The Hall–Kier alpha value is -1.38. The zero-order valence-electron chi connectivity index (χ0n) is 8.50. The number of carbonyl (C=O) groups is 1. The van der Waals surface area contributed by atoms with Gasteiger partial charge in [0, 0.05) is 5.56 Å². The first-order valence-electron chi connectivity index (χ1n) is 4.33. The highest BCUT2D eigenvalue weighted by Gasteiger charge is 2.33. The van der Waals surface area contributed by atoms with Crippen molar-refractivity contribution in [1.29, 1.82) is 0 Å². The molecule has 14 heavy (non-hydrogen) atoms. The van der Waals surface area contributed by atoms with Gasteiger partial charge in [-0.15, -0.1) is 0 Å². The van der Waals surface area contributed by atoms with Gasteiger partial charge in [0.2, 0.25) is 0 Å². The molecule has 76 valence electrons. The molecular weight excluding hydrogens is 183 g/mol. The zero-order valence-corrected chi connectivity index (χ0v) is 8.50. The van der Waals surface area contributed by atoms with E-state index in [1.807, 2.05) is 0 Å². The molecule has 2 nitrogen and oxygen atoms in total. The van der Waals surface area contributed by atoms with Gasteiger partial charge in [-0.25, -0.2) is 4.39 Å². The number of hydrogen-bond acceptors (Lipinski definition) is 2. The number of halogens is 1. The van der Waals surface area contributed by atoms with Crippen LogP contribution in [0.25, 0.3) is 0 Å². The van der Waals surface area contributed by atoms with E-state index in [1.54, 1.807) is 32.0 Å². The van der Waals surface area contributed by atoms with E-state index < -0.39 is 11.4 Å². The molecule has 0 aliphatic heterocycles. The third-order valence-corrected chi connectivity index (χ3v) is 2.24. The predicted octanol–water partition coefficient (Wildman–Crippen LogP) is 2.28. The molecule has 0 amide bonds. The molecule has 1 aromatic carbocycles. The van der Waals surface area contributed by atoms with Crippen molar-refractivity contribution in [2.24, 2.45) is 0 Å². The summed E-state index contributed by atoms with van der Waals surface area (Å²) >= 11 is 0. The number of methoxy groups -OCH3 is 1. The van der Waals surface area contributed by atoms with Gasteiger partial charge in [0.1, 0.15) is 5.82 Å². The van der Waals surface area contributed by atoms with Crippen LogP contribution in [0.3, 0.4) is 0 Å². The van der Waals surface area contributed by atoms with Crippen LogP contribution in [0.5, 0.6) is 0 Å². The smallest absolute Gasteiger partial charge is 0.315 e. The number of hydrogen-bond donors (Lipinski definition) is 0. The van der Waals surface area contributed by atoms with E-state index in [-0.39, 0.29) is 5.82 Å². The van der Waals surface area contributed by atoms with Gasteiger partial charge in [-0.1, -0.05) is 18.2 Å². The highest BCUT2D eigenvalue weighted by atomic mass is 19.1. The Bertz CT molecular complexity index is 345. The minimum atomic E-state index is -0.944. The number of ether oxygens (including phenoxy) is 1. The molecule has 1 rings (SSSR count). The Kier molecular flexibility index (Phi) is 2.89. The van der Waals surface area contributed by atoms with E-state index in [0.29, 0.717) is 5.56 Å². The van der Waals surface area contributed by atoms with Crippen molar-refractivity contribution in [3.8, 4) is 0 Å². The molecule has 3 heteroatoms. The van der Waals surface area contributed by atoms with Gasteiger partial charge >= 0.3 is 5.97 Å². The van der Waals surface area contributed by atoms with E-state index in [1.165, 1.54) is 13.2 Å². The lowest BCUT2D eigenvalue weighted by Crippen LogP contribution is -2.31. The van der Waals surface area contributed by atoms with Crippen molar-refractivity contribution in [2.75, 3.05) is 7.11 Å². The first-order valence-corrected chi connectivity index (χ1v) is 4.33. The van der Waals surface area contributed by atoms with Crippen LogP contribution in [-0.4, -0.2) is 13.1 Å². The Morgan fingerprint density at radius 2 is 1.93 bits per heavy atom. The summed E-state index contributed by atoms with van der Waals surface area (Å²) in [5.74, 6) is -0.828. The topological polar surface area (TPSA) is 26.3 Å². The van der Waals surface area contributed by atoms with Crippen LogP contribution in [0.1, 0.15) is 19.4 Å². The third-order valence-electron chi connectivity index (χ3n) is 2.24. The van der Waals surface area contributed by atoms with Crippen molar-refractivity contribution < 1.29 is 13.9 Å². The van der Waals surface area contributed by atoms with Gasteiger partial charge in [0.25, 0.3) is 0 Å². The van der Waals surface area contributed by atoms with E-state index in [0.717, 1.165) is 0 Å². The van der Waals surface area contributed by atoms with Crippen LogP contribution in [0.2, 0.25) is 0 Å². The number of rotatable bonds is 2. The van der Waals surface area contributed by atoms with Crippen LogP contribution in [-0.2, 0) is 14.9 Å². The monoisotopic (exact) mass is 196 g/mol. The molecule has 0 aromatic heterocycles. The average molecular weight is 196 g/mol. The molecule has 0 radical (unpaired) electrons.